The van der Waals surface area contributed by atoms with E-state index in [0.29, 0.717) is 5.88 Å². The molecule has 4 heterocycles. The van der Waals surface area contributed by atoms with E-state index < -0.39 is 0 Å². The Hall–Kier alpha value is -2.96. The Balaban J connectivity index is 1.45. The highest BCUT2D eigenvalue weighted by molar-refractivity contribution is 5.93. The van der Waals surface area contributed by atoms with Crippen LogP contribution in [0.5, 0.6) is 5.88 Å². The van der Waals surface area contributed by atoms with Crippen LogP contribution in [0.2, 0.25) is 0 Å². The number of rotatable bonds is 4. The van der Waals surface area contributed by atoms with Crippen LogP contribution >= 0.6 is 0 Å². The summed E-state index contributed by atoms with van der Waals surface area (Å²) in [6.07, 6.45) is 15.6. The molecule has 0 bridgehead atoms. The molecule has 3 aromatic rings. The zero-order chi connectivity index (χ0) is 18.9. The van der Waals surface area contributed by atoms with Gasteiger partial charge >= 0.3 is 0 Å². The lowest BCUT2D eigenvalue weighted by Crippen LogP contribution is -2.20. The van der Waals surface area contributed by atoms with Gasteiger partial charge in [0, 0.05) is 49.1 Å². The molecule has 2 aliphatic rings. The summed E-state index contributed by atoms with van der Waals surface area (Å²) in [6.45, 7) is 0.872. The Bertz CT molecular complexity index is 1010. The Morgan fingerprint density at radius 3 is 2.86 bits per heavy atom. The standard InChI is InChI=1S/C21H24N6O/c1-27-13-15(9-25-27)14-7-17-18(10-24-21(17)23-8-14)19-11-22-12-20(26-19)28-16-5-3-2-4-6-16/h7-12,15-16H,2-6,13H2,1H3,(H,23,24). The molecule has 28 heavy (non-hydrogen) atoms. The van der Waals surface area contributed by atoms with Crippen molar-refractivity contribution < 1.29 is 4.74 Å². The smallest absolute Gasteiger partial charge is 0.233 e. The fourth-order valence-corrected chi connectivity index (χ4v) is 4.09. The molecule has 1 aliphatic heterocycles. The number of aromatic nitrogens is 4. The lowest BCUT2D eigenvalue weighted by molar-refractivity contribution is 0.148. The molecule has 1 saturated carbocycles. The van der Waals surface area contributed by atoms with Crippen LogP contribution in [0.15, 0.2) is 36.0 Å². The zero-order valence-electron chi connectivity index (χ0n) is 16.0. The number of nitrogens with zero attached hydrogens (tertiary/aromatic N) is 5. The molecule has 0 saturated heterocycles. The van der Waals surface area contributed by atoms with Crippen LogP contribution in [0.25, 0.3) is 22.3 Å². The summed E-state index contributed by atoms with van der Waals surface area (Å²) in [6, 6.07) is 2.18. The van der Waals surface area contributed by atoms with Crippen molar-refractivity contribution in [2.45, 2.75) is 44.1 Å². The minimum Gasteiger partial charge on any atom is -0.473 e. The van der Waals surface area contributed by atoms with Crippen LogP contribution in [0.1, 0.15) is 43.6 Å². The van der Waals surface area contributed by atoms with Gasteiger partial charge in [-0.2, -0.15) is 5.10 Å². The lowest BCUT2D eigenvalue weighted by Gasteiger charge is -2.22. The number of hydrogen-bond donors (Lipinski definition) is 1. The maximum Gasteiger partial charge on any atom is 0.233 e. The molecule has 1 unspecified atom stereocenters. The number of hydrazone groups is 1. The first kappa shape index (κ1) is 17.2. The monoisotopic (exact) mass is 376 g/mol. The van der Waals surface area contributed by atoms with Crippen molar-refractivity contribution in [3.05, 3.63) is 36.4 Å². The van der Waals surface area contributed by atoms with Crippen molar-refractivity contribution in [2.24, 2.45) is 5.10 Å². The second-order valence-corrected chi connectivity index (χ2v) is 7.70. The predicted octanol–water partition coefficient (Wildman–Crippen LogP) is 3.75. The van der Waals surface area contributed by atoms with Crippen LogP contribution < -0.4 is 4.74 Å². The number of fused-ring (bicyclic) bond motifs is 1. The number of H-pyrrole nitrogens is 1. The maximum absolute atomic E-state index is 6.10. The van der Waals surface area contributed by atoms with Crippen molar-refractivity contribution >= 4 is 17.2 Å². The molecule has 0 amide bonds. The van der Waals surface area contributed by atoms with E-state index in [1.807, 2.05) is 30.7 Å². The van der Waals surface area contributed by atoms with Gasteiger partial charge in [0.2, 0.25) is 5.88 Å². The third-order valence-electron chi connectivity index (χ3n) is 5.61. The molecule has 5 rings (SSSR count). The van der Waals surface area contributed by atoms with Crippen LogP contribution in [-0.2, 0) is 0 Å². The first-order chi connectivity index (χ1) is 13.8. The maximum atomic E-state index is 6.10. The first-order valence-corrected chi connectivity index (χ1v) is 9.97. The Morgan fingerprint density at radius 1 is 1.14 bits per heavy atom. The molecule has 1 fully saturated rings. The summed E-state index contributed by atoms with van der Waals surface area (Å²) in [5.41, 5.74) is 3.80. The second-order valence-electron chi connectivity index (χ2n) is 7.70. The van der Waals surface area contributed by atoms with Crippen molar-refractivity contribution in [2.75, 3.05) is 13.6 Å². The van der Waals surface area contributed by atoms with E-state index in [1.54, 1.807) is 12.4 Å². The van der Waals surface area contributed by atoms with E-state index in [2.05, 4.69) is 26.1 Å². The average molecular weight is 376 g/mol. The summed E-state index contributed by atoms with van der Waals surface area (Å²) in [7, 11) is 1.98. The molecule has 144 valence electrons. The number of hydrogen-bond acceptors (Lipinski definition) is 6. The minimum absolute atomic E-state index is 0.258. The SMILES string of the molecule is CN1CC(c2cnc3[nH]cc(-c4cncc(OC5CCCCC5)n4)c3c2)C=N1. The topological polar surface area (TPSA) is 79.3 Å². The fraction of sp³-hybridized carbons (Fsp3) is 0.429. The van der Waals surface area contributed by atoms with E-state index >= 15 is 0 Å². The number of nitrogens with one attached hydrogen (secondary N) is 1. The highest BCUT2D eigenvalue weighted by Crippen LogP contribution is 2.30. The number of aromatic amines is 1. The molecule has 1 atom stereocenters. The van der Waals surface area contributed by atoms with Gasteiger partial charge in [-0.05, 0) is 37.3 Å². The second kappa shape index (κ2) is 7.22. The molecule has 1 aliphatic carbocycles. The summed E-state index contributed by atoms with van der Waals surface area (Å²) < 4.78 is 6.10. The summed E-state index contributed by atoms with van der Waals surface area (Å²) in [5.74, 6) is 0.865. The molecule has 7 nitrogen and oxygen atoms in total. The Kier molecular flexibility index (Phi) is 4.43. The van der Waals surface area contributed by atoms with Gasteiger partial charge in [0.1, 0.15) is 11.8 Å². The molecular weight excluding hydrogens is 352 g/mol. The van der Waals surface area contributed by atoms with Crippen LogP contribution in [0, 0.1) is 0 Å². The molecular formula is C21H24N6O. The van der Waals surface area contributed by atoms with E-state index in [4.69, 9.17) is 9.72 Å². The third-order valence-corrected chi connectivity index (χ3v) is 5.61. The van der Waals surface area contributed by atoms with Crippen molar-refractivity contribution in [3.8, 4) is 17.1 Å². The highest BCUT2D eigenvalue weighted by Gasteiger charge is 2.20. The number of likely N-dealkylation sites (N-methyl/N-ethyl adjacent to an activating group) is 1. The van der Waals surface area contributed by atoms with Gasteiger partial charge < -0.3 is 9.72 Å². The quantitative estimate of drug-likeness (QED) is 0.750. The van der Waals surface area contributed by atoms with Gasteiger partial charge in [0.15, 0.2) is 0 Å². The Labute approximate surface area is 163 Å². The highest BCUT2D eigenvalue weighted by atomic mass is 16.5. The average Bonchev–Trinajstić information content (AvgIpc) is 3.35. The van der Waals surface area contributed by atoms with Crippen molar-refractivity contribution in [1.29, 1.82) is 0 Å². The van der Waals surface area contributed by atoms with Crippen LogP contribution in [-0.4, -0.2) is 50.9 Å². The zero-order valence-corrected chi connectivity index (χ0v) is 16.0. The van der Waals surface area contributed by atoms with Crippen LogP contribution in [0.3, 0.4) is 0 Å². The largest absolute Gasteiger partial charge is 0.473 e. The number of pyridine rings is 1. The number of ether oxygens (including phenoxy) is 1. The first-order valence-electron chi connectivity index (χ1n) is 9.97. The van der Waals surface area contributed by atoms with Crippen molar-refractivity contribution in [1.82, 2.24) is 24.9 Å². The molecule has 0 radical (unpaired) electrons. The van der Waals surface area contributed by atoms with Gasteiger partial charge in [-0.3, -0.25) is 9.99 Å². The van der Waals surface area contributed by atoms with E-state index in [0.717, 1.165) is 47.2 Å². The lowest BCUT2D eigenvalue weighted by atomic mass is 9.98. The molecule has 3 aromatic heterocycles. The van der Waals surface area contributed by atoms with E-state index in [1.165, 1.54) is 19.3 Å². The van der Waals surface area contributed by atoms with E-state index in [-0.39, 0.29) is 12.0 Å². The van der Waals surface area contributed by atoms with Crippen molar-refractivity contribution in [3.63, 3.8) is 0 Å². The Morgan fingerprint density at radius 2 is 2.04 bits per heavy atom. The summed E-state index contributed by atoms with van der Waals surface area (Å²) in [4.78, 5) is 17.0. The molecule has 7 heteroatoms. The van der Waals surface area contributed by atoms with Gasteiger partial charge in [-0.1, -0.05) is 6.42 Å². The molecule has 0 aromatic carbocycles. The van der Waals surface area contributed by atoms with Gasteiger partial charge in [-0.15, -0.1) is 0 Å². The van der Waals surface area contributed by atoms with Gasteiger partial charge in [-0.25, -0.2) is 9.97 Å². The predicted molar refractivity (Wildman–Crippen MR) is 108 cm³/mol. The fourth-order valence-electron chi connectivity index (χ4n) is 4.09. The van der Waals surface area contributed by atoms with E-state index in [9.17, 15) is 0 Å². The summed E-state index contributed by atoms with van der Waals surface area (Å²) in [5, 5.41) is 7.34. The minimum atomic E-state index is 0.258. The summed E-state index contributed by atoms with van der Waals surface area (Å²) >= 11 is 0. The van der Waals surface area contributed by atoms with Gasteiger partial charge in [0.05, 0.1) is 18.1 Å². The normalized spacial score (nSPS) is 20.2. The van der Waals surface area contributed by atoms with Crippen LogP contribution in [0.4, 0.5) is 0 Å². The molecule has 0 spiro atoms. The van der Waals surface area contributed by atoms with Gasteiger partial charge in [0.25, 0.3) is 0 Å². The molecule has 1 N–H and O–H groups in total. The third kappa shape index (κ3) is 3.32.